The summed E-state index contributed by atoms with van der Waals surface area (Å²) >= 11 is 0. The molecule has 0 unspecified atom stereocenters. The van der Waals surface area contributed by atoms with Crippen molar-refractivity contribution in [1.82, 2.24) is 9.55 Å². The molecule has 150 valence electrons. The second-order valence-corrected chi connectivity index (χ2v) is 7.08. The first kappa shape index (κ1) is 19.5. The third-order valence-corrected chi connectivity index (χ3v) is 4.88. The molecule has 2 aromatic heterocycles. The van der Waals surface area contributed by atoms with Crippen molar-refractivity contribution in [1.29, 1.82) is 0 Å². The molecule has 0 radical (unpaired) electrons. The van der Waals surface area contributed by atoms with E-state index in [1.54, 1.807) is 6.07 Å². The predicted molar refractivity (Wildman–Crippen MR) is 125 cm³/mol. The normalized spacial score (nSPS) is 10.7. The Kier molecular flexibility index (Phi) is 5.61. The zero-order chi connectivity index (χ0) is 20.9. The Hall–Kier alpha value is -3.86. The van der Waals surface area contributed by atoms with Crippen LogP contribution in [0.4, 0.5) is 17.3 Å². The van der Waals surface area contributed by atoms with Gasteiger partial charge in [-0.1, -0.05) is 42.5 Å². The number of aryl methyl sites for hydroxylation is 1. The summed E-state index contributed by atoms with van der Waals surface area (Å²) in [6.07, 6.45) is 2.70. The molecule has 4 rings (SSSR count). The van der Waals surface area contributed by atoms with Gasteiger partial charge in [-0.25, -0.2) is 4.98 Å². The van der Waals surface area contributed by atoms with E-state index in [0.29, 0.717) is 16.9 Å². The van der Waals surface area contributed by atoms with Crippen LogP contribution < -0.4 is 16.1 Å². The Balaban J connectivity index is 1.96. The molecule has 4 aromatic rings. The monoisotopic (exact) mass is 396 g/mol. The van der Waals surface area contributed by atoms with Gasteiger partial charge in [-0.15, -0.1) is 6.58 Å². The van der Waals surface area contributed by atoms with Crippen molar-refractivity contribution in [3.63, 3.8) is 0 Å². The minimum absolute atomic E-state index is 0.0572. The molecule has 0 aliphatic rings. The highest BCUT2D eigenvalue weighted by Crippen LogP contribution is 2.26. The van der Waals surface area contributed by atoms with Crippen LogP contribution in [-0.4, -0.2) is 16.1 Å². The fourth-order valence-electron chi connectivity index (χ4n) is 3.49. The van der Waals surface area contributed by atoms with E-state index < -0.39 is 0 Å². The van der Waals surface area contributed by atoms with Gasteiger partial charge in [-0.2, -0.15) is 0 Å². The molecule has 0 aliphatic heterocycles. The minimum atomic E-state index is -0.0572. The van der Waals surface area contributed by atoms with Crippen LogP contribution in [-0.2, 0) is 0 Å². The lowest BCUT2D eigenvalue weighted by Crippen LogP contribution is -2.15. The summed E-state index contributed by atoms with van der Waals surface area (Å²) in [6.45, 7) is 6.45. The average Bonchev–Trinajstić information content (AvgIpc) is 2.75. The van der Waals surface area contributed by atoms with Gasteiger partial charge >= 0.3 is 0 Å². The van der Waals surface area contributed by atoms with Crippen molar-refractivity contribution >= 4 is 28.4 Å². The van der Waals surface area contributed by atoms with E-state index in [1.165, 1.54) is 0 Å². The predicted octanol–water partition coefficient (Wildman–Crippen LogP) is 5.43. The van der Waals surface area contributed by atoms with Crippen LogP contribution in [0, 0.1) is 6.92 Å². The number of anilines is 3. The van der Waals surface area contributed by atoms with Gasteiger partial charge in [0.05, 0.1) is 5.39 Å². The molecule has 2 aromatic carbocycles. The summed E-state index contributed by atoms with van der Waals surface area (Å²) in [6, 6.07) is 23.3. The number of hydrogen-bond donors (Lipinski definition) is 2. The summed E-state index contributed by atoms with van der Waals surface area (Å²) in [5.74, 6) is 1.41. The van der Waals surface area contributed by atoms with E-state index in [2.05, 4.69) is 17.2 Å². The van der Waals surface area contributed by atoms with Crippen LogP contribution in [0.5, 0.6) is 0 Å². The number of rotatable bonds is 7. The quantitative estimate of drug-likeness (QED) is 0.323. The lowest BCUT2D eigenvalue weighted by Gasteiger charge is -2.19. The molecule has 5 heteroatoms. The average molecular weight is 396 g/mol. The number of hydrogen-bond acceptors (Lipinski definition) is 4. The van der Waals surface area contributed by atoms with Crippen molar-refractivity contribution in [2.45, 2.75) is 13.3 Å². The lowest BCUT2D eigenvalue weighted by molar-refractivity contribution is 1.03. The van der Waals surface area contributed by atoms with E-state index in [9.17, 15) is 4.79 Å². The molecule has 2 N–H and O–H groups in total. The number of fused-ring (bicyclic) bond motifs is 1. The largest absolute Gasteiger partial charge is 0.370 e. The Labute approximate surface area is 175 Å². The van der Waals surface area contributed by atoms with E-state index in [-0.39, 0.29) is 5.43 Å². The molecule has 0 fully saturated rings. The summed E-state index contributed by atoms with van der Waals surface area (Å²) in [5, 5.41) is 7.33. The van der Waals surface area contributed by atoms with E-state index in [4.69, 9.17) is 4.98 Å². The SMILES string of the molecule is C=CCCNc1cc(C)c2c(=O)cc(Nc3ccccc3)n(-c3ccccc3)c2n1. The van der Waals surface area contributed by atoms with Crippen molar-refractivity contribution < 1.29 is 0 Å². The maximum Gasteiger partial charge on any atom is 0.193 e. The van der Waals surface area contributed by atoms with Gasteiger partial charge in [0.1, 0.15) is 11.6 Å². The number of nitrogens with one attached hydrogen (secondary N) is 2. The highest BCUT2D eigenvalue weighted by molar-refractivity contribution is 5.85. The van der Waals surface area contributed by atoms with Crippen molar-refractivity contribution in [2.24, 2.45) is 0 Å². The van der Waals surface area contributed by atoms with Crippen LogP contribution in [0.3, 0.4) is 0 Å². The molecule has 0 amide bonds. The smallest absolute Gasteiger partial charge is 0.193 e. The first-order valence-corrected chi connectivity index (χ1v) is 9.97. The fraction of sp³-hybridized carbons (Fsp3) is 0.120. The van der Waals surface area contributed by atoms with Gasteiger partial charge in [0.2, 0.25) is 0 Å². The van der Waals surface area contributed by atoms with Gasteiger partial charge in [-0.05, 0) is 49.2 Å². The topological polar surface area (TPSA) is 59.0 Å². The second-order valence-electron chi connectivity index (χ2n) is 7.08. The Morgan fingerprint density at radius 2 is 1.73 bits per heavy atom. The number of para-hydroxylation sites is 2. The lowest BCUT2D eigenvalue weighted by atomic mass is 10.1. The number of pyridine rings is 2. The summed E-state index contributed by atoms with van der Waals surface area (Å²) in [7, 11) is 0. The maximum absolute atomic E-state index is 13.0. The minimum Gasteiger partial charge on any atom is -0.370 e. The highest BCUT2D eigenvalue weighted by atomic mass is 16.1. The first-order chi connectivity index (χ1) is 14.7. The van der Waals surface area contributed by atoms with Gasteiger partial charge < -0.3 is 10.6 Å². The van der Waals surface area contributed by atoms with Crippen molar-refractivity contribution in [3.8, 4) is 5.69 Å². The van der Waals surface area contributed by atoms with Crippen LogP contribution >= 0.6 is 0 Å². The van der Waals surface area contributed by atoms with Crippen molar-refractivity contribution in [3.05, 3.63) is 101 Å². The molecule has 0 atom stereocenters. The van der Waals surface area contributed by atoms with Gasteiger partial charge in [0.15, 0.2) is 11.1 Å². The molecule has 0 saturated heterocycles. The van der Waals surface area contributed by atoms with Crippen LogP contribution in [0.1, 0.15) is 12.0 Å². The van der Waals surface area contributed by atoms with E-state index in [0.717, 1.165) is 35.7 Å². The number of aromatic nitrogens is 2. The third kappa shape index (κ3) is 3.96. The van der Waals surface area contributed by atoms with Crippen LogP contribution in [0.15, 0.2) is 90.2 Å². The molecule has 0 spiro atoms. The molecule has 0 bridgehead atoms. The Morgan fingerprint density at radius 1 is 1.03 bits per heavy atom. The molecule has 2 heterocycles. The van der Waals surface area contributed by atoms with Gasteiger partial charge in [-0.3, -0.25) is 9.36 Å². The highest BCUT2D eigenvalue weighted by Gasteiger charge is 2.15. The molecular weight excluding hydrogens is 372 g/mol. The van der Waals surface area contributed by atoms with Gasteiger partial charge in [0.25, 0.3) is 0 Å². The number of nitrogens with zero attached hydrogens (tertiary/aromatic N) is 2. The molecule has 5 nitrogen and oxygen atoms in total. The zero-order valence-electron chi connectivity index (χ0n) is 16.9. The third-order valence-electron chi connectivity index (χ3n) is 4.88. The van der Waals surface area contributed by atoms with Crippen molar-refractivity contribution in [2.75, 3.05) is 17.2 Å². The van der Waals surface area contributed by atoms with Crippen LogP contribution in [0.2, 0.25) is 0 Å². The first-order valence-electron chi connectivity index (χ1n) is 9.97. The summed E-state index contributed by atoms with van der Waals surface area (Å²) in [5.41, 5.74) is 3.28. The van der Waals surface area contributed by atoms with Gasteiger partial charge in [0, 0.05) is 24.0 Å². The number of benzene rings is 2. The second kappa shape index (κ2) is 8.66. The molecule has 30 heavy (non-hydrogen) atoms. The zero-order valence-corrected chi connectivity index (χ0v) is 16.9. The molecule has 0 aliphatic carbocycles. The van der Waals surface area contributed by atoms with E-state index in [1.807, 2.05) is 84.3 Å². The Morgan fingerprint density at radius 3 is 2.43 bits per heavy atom. The Bertz CT molecular complexity index is 1230. The van der Waals surface area contributed by atoms with E-state index >= 15 is 0 Å². The molecule has 0 saturated carbocycles. The molecular formula is C25H24N4O. The summed E-state index contributed by atoms with van der Waals surface area (Å²) in [4.78, 5) is 17.9. The van der Waals surface area contributed by atoms with Crippen LogP contribution in [0.25, 0.3) is 16.7 Å². The standard InChI is InChI=1S/C25H24N4O/c1-3-4-15-26-22-16-18(2)24-21(30)17-23(27-19-11-7-5-8-12-19)29(25(24)28-22)20-13-9-6-10-14-20/h3,5-14,16-17,27H,1,4,15H2,2H3,(H,26,28). The fourth-order valence-corrected chi connectivity index (χ4v) is 3.49. The summed E-state index contributed by atoms with van der Waals surface area (Å²) < 4.78 is 2.00. The maximum atomic E-state index is 13.0.